The van der Waals surface area contributed by atoms with Gasteiger partial charge in [-0.25, -0.2) is 0 Å². The van der Waals surface area contributed by atoms with Crippen molar-refractivity contribution >= 4 is 0 Å². The van der Waals surface area contributed by atoms with Crippen molar-refractivity contribution < 1.29 is 0 Å². The number of hydrogen-bond acceptors (Lipinski definition) is 1. The van der Waals surface area contributed by atoms with E-state index in [0.29, 0.717) is 11.3 Å². The van der Waals surface area contributed by atoms with Crippen molar-refractivity contribution in [2.75, 3.05) is 6.54 Å². The largest absolute Gasteiger partial charge is 0.330 e. The Labute approximate surface area is 106 Å². The van der Waals surface area contributed by atoms with Gasteiger partial charge in [0.15, 0.2) is 0 Å². The minimum absolute atomic E-state index is 0.417. The van der Waals surface area contributed by atoms with Gasteiger partial charge in [-0.2, -0.15) is 0 Å². The lowest BCUT2D eigenvalue weighted by Crippen LogP contribution is -2.19. The Hall–Kier alpha value is -0.820. The van der Waals surface area contributed by atoms with E-state index < -0.39 is 0 Å². The highest BCUT2D eigenvalue weighted by molar-refractivity contribution is 5.21. The van der Waals surface area contributed by atoms with Crippen molar-refractivity contribution in [2.24, 2.45) is 17.1 Å². The first-order valence-corrected chi connectivity index (χ1v) is 6.66. The molecule has 0 aliphatic carbocycles. The standard InChI is InChI=1S/C16H27N/c1-13-5-7-14(8-6-13)11-15(12-17)9-10-16(2,3)4/h5-8,15H,9-12,17H2,1-4H3. The van der Waals surface area contributed by atoms with E-state index in [-0.39, 0.29) is 0 Å². The van der Waals surface area contributed by atoms with E-state index in [1.165, 1.54) is 24.0 Å². The Morgan fingerprint density at radius 1 is 1.12 bits per heavy atom. The minimum Gasteiger partial charge on any atom is -0.330 e. The summed E-state index contributed by atoms with van der Waals surface area (Å²) in [5.41, 5.74) is 9.04. The first kappa shape index (κ1) is 14.2. The summed E-state index contributed by atoms with van der Waals surface area (Å²) in [6, 6.07) is 8.84. The molecular formula is C16H27N. The smallest absolute Gasteiger partial charge is 0.00457 e. The molecule has 96 valence electrons. The van der Waals surface area contributed by atoms with Crippen LogP contribution < -0.4 is 5.73 Å². The molecule has 1 atom stereocenters. The van der Waals surface area contributed by atoms with Crippen molar-refractivity contribution in [3.05, 3.63) is 35.4 Å². The van der Waals surface area contributed by atoms with Crippen LogP contribution in [0.4, 0.5) is 0 Å². The van der Waals surface area contributed by atoms with Gasteiger partial charge < -0.3 is 5.73 Å². The number of nitrogens with two attached hydrogens (primary N) is 1. The molecule has 17 heavy (non-hydrogen) atoms. The van der Waals surface area contributed by atoms with E-state index in [9.17, 15) is 0 Å². The van der Waals surface area contributed by atoms with Crippen LogP contribution >= 0.6 is 0 Å². The molecule has 1 aromatic rings. The number of aryl methyl sites for hydroxylation is 1. The zero-order chi connectivity index (χ0) is 12.9. The molecule has 1 rings (SSSR count). The van der Waals surface area contributed by atoms with Crippen molar-refractivity contribution in [1.29, 1.82) is 0 Å². The molecule has 0 bridgehead atoms. The first-order valence-electron chi connectivity index (χ1n) is 6.66. The van der Waals surface area contributed by atoms with Gasteiger partial charge in [0.2, 0.25) is 0 Å². The SMILES string of the molecule is Cc1ccc(CC(CN)CCC(C)(C)C)cc1. The Kier molecular flexibility index (Phi) is 5.20. The summed E-state index contributed by atoms with van der Waals surface area (Å²) in [5, 5.41) is 0. The van der Waals surface area contributed by atoms with Gasteiger partial charge in [0, 0.05) is 0 Å². The third-order valence-electron chi connectivity index (χ3n) is 3.28. The summed E-state index contributed by atoms with van der Waals surface area (Å²) in [7, 11) is 0. The minimum atomic E-state index is 0.417. The van der Waals surface area contributed by atoms with Crippen LogP contribution in [0.1, 0.15) is 44.7 Å². The lowest BCUT2D eigenvalue weighted by Gasteiger charge is -2.22. The lowest BCUT2D eigenvalue weighted by atomic mass is 9.84. The highest BCUT2D eigenvalue weighted by Gasteiger charge is 2.14. The van der Waals surface area contributed by atoms with E-state index in [2.05, 4.69) is 52.0 Å². The first-order chi connectivity index (χ1) is 7.90. The Bertz CT molecular complexity index is 318. The zero-order valence-electron chi connectivity index (χ0n) is 11.8. The predicted octanol–water partition coefficient (Wildman–Crippen LogP) is 3.94. The van der Waals surface area contributed by atoms with E-state index in [4.69, 9.17) is 5.73 Å². The lowest BCUT2D eigenvalue weighted by molar-refractivity contribution is 0.323. The Morgan fingerprint density at radius 3 is 2.18 bits per heavy atom. The maximum Gasteiger partial charge on any atom is -0.00457 e. The van der Waals surface area contributed by atoms with Crippen LogP contribution in [-0.4, -0.2) is 6.54 Å². The molecule has 0 heterocycles. The molecule has 1 unspecified atom stereocenters. The van der Waals surface area contributed by atoms with E-state index in [1.54, 1.807) is 0 Å². The number of benzene rings is 1. The Morgan fingerprint density at radius 2 is 1.71 bits per heavy atom. The van der Waals surface area contributed by atoms with E-state index >= 15 is 0 Å². The topological polar surface area (TPSA) is 26.0 Å². The van der Waals surface area contributed by atoms with Gasteiger partial charge in [0.05, 0.1) is 0 Å². The van der Waals surface area contributed by atoms with Gasteiger partial charge in [-0.3, -0.25) is 0 Å². The summed E-state index contributed by atoms with van der Waals surface area (Å²) in [4.78, 5) is 0. The third kappa shape index (κ3) is 5.88. The second kappa shape index (κ2) is 6.20. The van der Waals surface area contributed by atoms with Gasteiger partial charge in [-0.1, -0.05) is 50.6 Å². The van der Waals surface area contributed by atoms with Gasteiger partial charge in [0.1, 0.15) is 0 Å². The molecule has 0 amide bonds. The van der Waals surface area contributed by atoms with Crippen LogP contribution in [-0.2, 0) is 6.42 Å². The molecule has 0 aliphatic rings. The zero-order valence-corrected chi connectivity index (χ0v) is 11.8. The fourth-order valence-electron chi connectivity index (χ4n) is 2.00. The van der Waals surface area contributed by atoms with E-state index in [1.807, 2.05) is 0 Å². The van der Waals surface area contributed by atoms with Crippen LogP contribution in [0.3, 0.4) is 0 Å². The molecule has 1 aromatic carbocycles. The molecule has 1 heteroatoms. The second-order valence-corrected chi connectivity index (χ2v) is 6.39. The predicted molar refractivity (Wildman–Crippen MR) is 76.1 cm³/mol. The average molecular weight is 233 g/mol. The van der Waals surface area contributed by atoms with Gasteiger partial charge in [-0.15, -0.1) is 0 Å². The van der Waals surface area contributed by atoms with Crippen LogP contribution in [0, 0.1) is 18.3 Å². The normalized spacial score (nSPS) is 13.7. The van der Waals surface area contributed by atoms with Crippen molar-refractivity contribution in [2.45, 2.75) is 47.0 Å². The average Bonchev–Trinajstić information content (AvgIpc) is 2.25. The highest BCUT2D eigenvalue weighted by Crippen LogP contribution is 2.25. The molecule has 1 nitrogen and oxygen atoms in total. The summed E-state index contributed by atoms with van der Waals surface area (Å²) >= 11 is 0. The Balaban J connectivity index is 2.49. The molecule has 0 spiro atoms. The molecular weight excluding hydrogens is 206 g/mol. The van der Waals surface area contributed by atoms with Crippen LogP contribution in [0.5, 0.6) is 0 Å². The number of hydrogen-bond donors (Lipinski definition) is 1. The van der Waals surface area contributed by atoms with Gasteiger partial charge in [0.25, 0.3) is 0 Å². The monoisotopic (exact) mass is 233 g/mol. The second-order valence-electron chi connectivity index (χ2n) is 6.39. The molecule has 0 saturated heterocycles. The molecule has 0 saturated carbocycles. The quantitative estimate of drug-likeness (QED) is 0.819. The summed E-state index contributed by atoms with van der Waals surface area (Å²) in [6.45, 7) is 9.82. The molecule has 0 aromatic heterocycles. The summed E-state index contributed by atoms with van der Waals surface area (Å²) in [6.07, 6.45) is 3.60. The fourth-order valence-corrected chi connectivity index (χ4v) is 2.00. The van der Waals surface area contributed by atoms with Crippen molar-refractivity contribution in [3.63, 3.8) is 0 Å². The summed E-state index contributed by atoms with van der Waals surface area (Å²) < 4.78 is 0. The van der Waals surface area contributed by atoms with Crippen LogP contribution in [0.15, 0.2) is 24.3 Å². The van der Waals surface area contributed by atoms with Crippen molar-refractivity contribution in [1.82, 2.24) is 0 Å². The van der Waals surface area contributed by atoms with Crippen LogP contribution in [0.2, 0.25) is 0 Å². The molecule has 0 aliphatic heterocycles. The molecule has 0 fully saturated rings. The molecule has 0 radical (unpaired) electrons. The van der Waals surface area contributed by atoms with Gasteiger partial charge >= 0.3 is 0 Å². The third-order valence-corrected chi connectivity index (χ3v) is 3.28. The van der Waals surface area contributed by atoms with E-state index in [0.717, 1.165) is 13.0 Å². The fraction of sp³-hybridized carbons (Fsp3) is 0.625. The maximum absolute atomic E-state index is 5.88. The summed E-state index contributed by atoms with van der Waals surface area (Å²) in [5.74, 6) is 0.622. The number of rotatable bonds is 5. The maximum atomic E-state index is 5.88. The van der Waals surface area contributed by atoms with Crippen LogP contribution in [0.25, 0.3) is 0 Å². The molecule has 2 N–H and O–H groups in total. The highest BCUT2D eigenvalue weighted by atomic mass is 14.5. The van der Waals surface area contributed by atoms with Crippen molar-refractivity contribution in [3.8, 4) is 0 Å². The van der Waals surface area contributed by atoms with Gasteiger partial charge in [-0.05, 0) is 49.6 Å².